The van der Waals surface area contributed by atoms with E-state index in [1.54, 1.807) is 0 Å². The lowest BCUT2D eigenvalue weighted by Gasteiger charge is -2.41. The molecule has 0 spiro atoms. The first-order valence-electron chi connectivity index (χ1n) is 7.28. The number of halogens is 1. The van der Waals surface area contributed by atoms with Crippen LogP contribution in [0.25, 0.3) is 0 Å². The molecular formula is C17H27ClN2. The Kier molecular flexibility index (Phi) is 6.74. The van der Waals surface area contributed by atoms with E-state index < -0.39 is 5.54 Å². The summed E-state index contributed by atoms with van der Waals surface area (Å²) in [4.78, 5) is 2.23. The Labute approximate surface area is 128 Å². The number of likely N-dealkylation sites (N-methyl/N-ethyl adjacent to an activating group) is 1. The highest BCUT2D eigenvalue weighted by Crippen LogP contribution is 2.32. The highest BCUT2D eigenvalue weighted by atomic mass is 35.5. The van der Waals surface area contributed by atoms with E-state index in [2.05, 4.69) is 32.5 Å². The van der Waals surface area contributed by atoms with Gasteiger partial charge in [0, 0.05) is 11.1 Å². The standard InChI is InChI=1S/C17H27ClN2/c1-5-7-8-16(20(3)4)17(19,13-6-2)14-9-11-15(18)12-10-14/h6,9-12,16H,2,5,7-8,13,19H2,1,3-4H3. The predicted molar refractivity (Wildman–Crippen MR) is 89.1 cm³/mol. The Morgan fingerprint density at radius 3 is 2.40 bits per heavy atom. The van der Waals surface area contributed by atoms with Crippen LogP contribution in [-0.2, 0) is 5.54 Å². The van der Waals surface area contributed by atoms with Crippen LogP contribution >= 0.6 is 11.6 Å². The number of hydrogen-bond donors (Lipinski definition) is 1. The van der Waals surface area contributed by atoms with E-state index in [-0.39, 0.29) is 6.04 Å². The third-order valence-electron chi connectivity index (χ3n) is 3.91. The molecule has 2 unspecified atom stereocenters. The third-order valence-corrected chi connectivity index (χ3v) is 4.16. The molecule has 1 aromatic carbocycles. The van der Waals surface area contributed by atoms with Gasteiger partial charge in [0.2, 0.25) is 0 Å². The maximum Gasteiger partial charge on any atom is 0.0601 e. The predicted octanol–water partition coefficient (Wildman–Crippen LogP) is 4.19. The van der Waals surface area contributed by atoms with Gasteiger partial charge < -0.3 is 10.6 Å². The van der Waals surface area contributed by atoms with Crippen molar-refractivity contribution >= 4 is 11.6 Å². The maximum absolute atomic E-state index is 6.81. The van der Waals surface area contributed by atoms with Gasteiger partial charge in [0.25, 0.3) is 0 Å². The van der Waals surface area contributed by atoms with Crippen LogP contribution in [0.3, 0.4) is 0 Å². The Bertz CT molecular complexity index is 414. The maximum atomic E-state index is 6.81. The molecule has 2 N–H and O–H groups in total. The Morgan fingerprint density at radius 1 is 1.35 bits per heavy atom. The summed E-state index contributed by atoms with van der Waals surface area (Å²) in [7, 11) is 4.20. The minimum absolute atomic E-state index is 0.279. The summed E-state index contributed by atoms with van der Waals surface area (Å²) in [5, 5.41) is 0.740. The van der Waals surface area contributed by atoms with E-state index in [0.717, 1.165) is 23.4 Å². The summed E-state index contributed by atoms with van der Waals surface area (Å²) in [6.45, 7) is 6.10. The molecule has 0 fully saturated rings. The van der Waals surface area contributed by atoms with Crippen LogP contribution in [0.4, 0.5) is 0 Å². The van der Waals surface area contributed by atoms with Gasteiger partial charge in [-0.2, -0.15) is 0 Å². The van der Waals surface area contributed by atoms with Crippen LogP contribution in [-0.4, -0.2) is 25.0 Å². The van der Waals surface area contributed by atoms with E-state index in [0.29, 0.717) is 0 Å². The lowest BCUT2D eigenvalue weighted by atomic mass is 9.78. The van der Waals surface area contributed by atoms with Gasteiger partial charge in [0.05, 0.1) is 5.54 Å². The fourth-order valence-corrected chi connectivity index (χ4v) is 2.95. The second kappa shape index (κ2) is 7.82. The Morgan fingerprint density at radius 2 is 1.95 bits per heavy atom. The molecule has 0 amide bonds. The van der Waals surface area contributed by atoms with Crippen molar-refractivity contribution in [2.24, 2.45) is 5.73 Å². The van der Waals surface area contributed by atoms with Crippen LogP contribution in [0, 0.1) is 0 Å². The zero-order chi connectivity index (χ0) is 15.2. The summed E-state index contributed by atoms with van der Waals surface area (Å²) in [6.07, 6.45) is 6.09. The molecule has 1 aromatic rings. The summed E-state index contributed by atoms with van der Waals surface area (Å²) >= 11 is 5.99. The van der Waals surface area contributed by atoms with Crippen molar-refractivity contribution in [3.8, 4) is 0 Å². The van der Waals surface area contributed by atoms with Crippen molar-refractivity contribution in [1.29, 1.82) is 0 Å². The quantitative estimate of drug-likeness (QED) is 0.729. The molecule has 0 radical (unpaired) electrons. The third kappa shape index (κ3) is 4.08. The molecule has 2 atom stereocenters. The highest BCUT2D eigenvalue weighted by Gasteiger charge is 2.36. The van der Waals surface area contributed by atoms with Crippen LogP contribution in [0.1, 0.15) is 38.2 Å². The van der Waals surface area contributed by atoms with Gasteiger partial charge in [0.15, 0.2) is 0 Å². The van der Waals surface area contributed by atoms with Crippen molar-refractivity contribution < 1.29 is 0 Å². The molecule has 0 aliphatic carbocycles. The molecule has 0 saturated carbocycles. The Balaban J connectivity index is 3.15. The zero-order valence-electron chi connectivity index (χ0n) is 12.9. The van der Waals surface area contributed by atoms with Crippen molar-refractivity contribution in [3.63, 3.8) is 0 Å². The number of hydrogen-bond acceptors (Lipinski definition) is 2. The normalized spacial score (nSPS) is 15.9. The van der Waals surface area contributed by atoms with Gasteiger partial charge in [-0.15, -0.1) is 6.58 Å². The van der Waals surface area contributed by atoms with Crippen LogP contribution < -0.4 is 5.73 Å². The molecule has 1 rings (SSSR count). The van der Waals surface area contributed by atoms with Crippen molar-refractivity contribution in [1.82, 2.24) is 4.90 Å². The summed E-state index contributed by atoms with van der Waals surface area (Å²) in [6, 6.07) is 8.17. The van der Waals surface area contributed by atoms with Crippen molar-refractivity contribution in [3.05, 3.63) is 47.5 Å². The molecule has 3 heteroatoms. The van der Waals surface area contributed by atoms with Gasteiger partial charge in [-0.05, 0) is 44.6 Å². The van der Waals surface area contributed by atoms with E-state index >= 15 is 0 Å². The zero-order valence-corrected chi connectivity index (χ0v) is 13.7. The fraction of sp³-hybridized carbons (Fsp3) is 0.529. The first kappa shape index (κ1) is 17.2. The molecule has 0 heterocycles. The summed E-state index contributed by atoms with van der Waals surface area (Å²) in [5.74, 6) is 0. The molecule has 0 bridgehead atoms. The fourth-order valence-electron chi connectivity index (χ4n) is 2.82. The van der Waals surface area contributed by atoms with E-state index in [4.69, 9.17) is 17.3 Å². The number of benzene rings is 1. The minimum Gasteiger partial charge on any atom is -0.320 e. The topological polar surface area (TPSA) is 29.3 Å². The first-order valence-corrected chi connectivity index (χ1v) is 7.65. The average Bonchev–Trinajstić information content (AvgIpc) is 2.39. The first-order chi connectivity index (χ1) is 9.45. The summed E-state index contributed by atoms with van der Waals surface area (Å²) < 4.78 is 0. The van der Waals surface area contributed by atoms with Gasteiger partial charge in [-0.1, -0.05) is 49.6 Å². The van der Waals surface area contributed by atoms with Gasteiger partial charge in [0.1, 0.15) is 0 Å². The molecule has 2 nitrogen and oxygen atoms in total. The number of nitrogens with zero attached hydrogens (tertiary/aromatic N) is 1. The second-order valence-corrected chi connectivity index (χ2v) is 6.10. The van der Waals surface area contributed by atoms with Crippen molar-refractivity contribution in [2.45, 2.75) is 44.2 Å². The monoisotopic (exact) mass is 294 g/mol. The number of rotatable bonds is 8. The Hall–Kier alpha value is -0.830. The van der Waals surface area contributed by atoms with Gasteiger partial charge in [-0.3, -0.25) is 0 Å². The molecular weight excluding hydrogens is 268 g/mol. The molecule has 0 aliphatic rings. The van der Waals surface area contributed by atoms with Crippen LogP contribution in [0.2, 0.25) is 5.02 Å². The SMILES string of the molecule is C=CCC(N)(c1ccc(Cl)cc1)C(CCCC)N(C)C. The lowest BCUT2D eigenvalue weighted by molar-refractivity contribution is 0.162. The van der Waals surface area contributed by atoms with Crippen LogP contribution in [0.15, 0.2) is 36.9 Å². The van der Waals surface area contributed by atoms with Gasteiger partial charge in [-0.25, -0.2) is 0 Å². The minimum atomic E-state index is -0.426. The molecule has 0 aromatic heterocycles. The van der Waals surface area contributed by atoms with E-state index in [1.807, 2.05) is 30.3 Å². The lowest BCUT2D eigenvalue weighted by Crippen LogP contribution is -2.54. The average molecular weight is 295 g/mol. The number of unbranched alkanes of at least 4 members (excludes halogenated alkanes) is 1. The smallest absolute Gasteiger partial charge is 0.0601 e. The molecule has 20 heavy (non-hydrogen) atoms. The molecule has 0 saturated heterocycles. The second-order valence-electron chi connectivity index (χ2n) is 5.66. The van der Waals surface area contributed by atoms with Gasteiger partial charge >= 0.3 is 0 Å². The number of nitrogens with two attached hydrogens (primary N) is 1. The van der Waals surface area contributed by atoms with Crippen LogP contribution in [0.5, 0.6) is 0 Å². The largest absolute Gasteiger partial charge is 0.320 e. The highest BCUT2D eigenvalue weighted by molar-refractivity contribution is 6.30. The van der Waals surface area contributed by atoms with Crippen molar-refractivity contribution in [2.75, 3.05) is 14.1 Å². The van der Waals surface area contributed by atoms with E-state index in [9.17, 15) is 0 Å². The molecule has 112 valence electrons. The summed E-state index contributed by atoms with van der Waals surface area (Å²) in [5.41, 5.74) is 7.51. The van der Waals surface area contributed by atoms with E-state index in [1.165, 1.54) is 12.8 Å². The molecule has 0 aliphatic heterocycles.